The van der Waals surface area contributed by atoms with Gasteiger partial charge in [-0.05, 0) is 67.0 Å². The van der Waals surface area contributed by atoms with Crippen LogP contribution < -0.4 is 15.0 Å². The van der Waals surface area contributed by atoms with E-state index in [2.05, 4.69) is 16.0 Å². The molecule has 4 aromatic carbocycles. The van der Waals surface area contributed by atoms with Crippen molar-refractivity contribution < 1.29 is 9.84 Å². The third-order valence-electron chi connectivity index (χ3n) is 6.90. The van der Waals surface area contributed by atoms with E-state index in [0.717, 1.165) is 28.2 Å². The van der Waals surface area contributed by atoms with Gasteiger partial charge in [0.15, 0.2) is 5.06 Å². The van der Waals surface area contributed by atoms with Crippen LogP contribution in [0.1, 0.15) is 11.1 Å². The quantitative estimate of drug-likeness (QED) is 0.167. The van der Waals surface area contributed by atoms with E-state index >= 15 is 0 Å². The summed E-state index contributed by atoms with van der Waals surface area (Å²) in [6.45, 7) is 0. The van der Waals surface area contributed by atoms with Crippen LogP contribution in [0.25, 0.3) is 43.4 Å². The highest BCUT2D eigenvalue weighted by atomic mass is 35.5. The number of hydrogen-bond acceptors (Lipinski definition) is 12. The number of rotatable bonds is 5. The zero-order valence-electron chi connectivity index (χ0n) is 26.2. The molecule has 2 aromatic heterocycles. The minimum Gasteiger partial charge on any atom is -0.493 e. The molecule has 0 saturated carbocycles. The van der Waals surface area contributed by atoms with Crippen molar-refractivity contribution in [1.82, 2.24) is 9.97 Å². The number of aromatic hydroxyl groups is 1. The van der Waals surface area contributed by atoms with Crippen molar-refractivity contribution in [2.75, 3.05) is 6.26 Å². The molecule has 8 nitrogen and oxygen atoms in total. The lowest BCUT2D eigenvalue weighted by Gasteiger charge is -2.12. The molecule has 6 aromatic rings. The van der Waals surface area contributed by atoms with Crippen molar-refractivity contribution in [2.24, 2.45) is 0 Å². The second-order valence-corrected chi connectivity index (χ2v) is 15.2. The maximum atomic E-state index is 12.9. The first kappa shape index (κ1) is 38.9. The Labute approximate surface area is 334 Å². The largest absolute Gasteiger partial charge is 0.493 e. The summed E-state index contributed by atoms with van der Waals surface area (Å²) in [6.07, 6.45) is 1.77. The van der Waals surface area contributed by atoms with E-state index in [1.54, 1.807) is 73.0 Å². The molecular weight excluding hydrogens is 822 g/mol. The molecule has 0 aliphatic carbocycles. The van der Waals surface area contributed by atoms with Crippen molar-refractivity contribution in [3.63, 3.8) is 0 Å². The molecule has 6 rings (SSSR count). The number of nitriles is 2. The van der Waals surface area contributed by atoms with Crippen LogP contribution in [0.5, 0.6) is 10.9 Å². The van der Waals surface area contributed by atoms with Gasteiger partial charge in [0.05, 0.1) is 23.3 Å². The minimum absolute atomic E-state index is 0.00840. The molecule has 258 valence electrons. The second-order valence-electron chi connectivity index (χ2n) is 10.2. The summed E-state index contributed by atoms with van der Waals surface area (Å²) < 4.78 is 5.60. The summed E-state index contributed by atoms with van der Waals surface area (Å²) >= 11 is 32.1. The molecule has 0 bridgehead atoms. The van der Waals surface area contributed by atoms with Crippen molar-refractivity contribution in [2.45, 2.75) is 0 Å². The molecule has 0 saturated heterocycles. The Morgan fingerprint density at radius 1 is 0.731 bits per heavy atom. The van der Waals surface area contributed by atoms with Gasteiger partial charge < -0.3 is 9.84 Å². The lowest BCUT2D eigenvalue weighted by Crippen LogP contribution is -2.13. The van der Waals surface area contributed by atoms with E-state index in [-0.39, 0.29) is 31.7 Å². The van der Waals surface area contributed by atoms with Crippen LogP contribution in [0.2, 0.25) is 20.1 Å². The van der Waals surface area contributed by atoms with Crippen molar-refractivity contribution >= 4 is 97.4 Å². The number of thiocarbonyl (C=S) groups is 1. The van der Waals surface area contributed by atoms with E-state index in [1.165, 1.54) is 30.0 Å². The molecule has 0 fully saturated rings. The van der Waals surface area contributed by atoms with Crippen molar-refractivity contribution in [1.29, 1.82) is 10.5 Å². The highest BCUT2D eigenvalue weighted by Gasteiger charge is 2.21. The predicted octanol–water partition coefficient (Wildman–Crippen LogP) is 10.8. The van der Waals surface area contributed by atoms with Crippen LogP contribution >= 0.6 is 93.1 Å². The van der Waals surface area contributed by atoms with Gasteiger partial charge in [0.25, 0.3) is 5.56 Å². The molecule has 52 heavy (non-hydrogen) atoms. The lowest BCUT2D eigenvalue weighted by atomic mass is 10.0. The predicted molar refractivity (Wildman–Crippen MR) is 216 cm³/mol. The fourth-order valence-electron chi connectivity index (χ4n) is 4.53. The highest BCUT2D eigenvalue weighted by Crippen LogP contribution is 2.38. The second kappa shape index (κ2) is 17.5. The van der Waals surface area contributed by atoms with Crippen LogP contribution in [-0.2, 0) is 0 Å². The SMILES string of the molecule is CSC(=S)Oc1sc(-c2ccc(Cl)cc2)nc(=O)c1-c1ccc(Cl)cc1C#N.N#Cc1cc(Cl)ccc1-c1c(O)nc(-c2ccc(Cl)cc2)sc1=O. The first-order valence-corrected chi connectivity index (χ1v) is 19.2. The highest BCUT2D eigenvalue weighted by molar-refractivity contribution is 8.22. The molecule has 2 heterocycles. The van der Waals surface area contributed by atoms with E-state index in [4.69, 9.17) is 63.4 Å². The first-order chi connectivity index (χ1) is 24.9. The zero-order valence-corrected chi connectivity index (χ0v) is 32.5. The number of benzene rings is 4. The molecular formula is C36H18Cl4N4O4S4. The van der Waals surface area contributed by atoms with Gasteiger partial charge in [0.1, 0.15) is 21.1 Å². The zero-order chi connectivity index (χ0) is 37.5. The molecule has 0 aliphatic rings. The van der Waals surface area contributed by atoms with Gasteiger partial charge in [-0.2, -0.15) is 15.5 Å². The molecule has 0 unspecified atom stereocenters. The van der Waals surface area contributed by atoms with Gasteiger partial charge in [-0.1, -0.05) is 117 Å². The molecule has 0 aliphatic heterocycles. The van der Waals surface area contributed by atoms with Crippen LogP contribution in [0.3, 0.4) is 0 Å². The molecule has 16 heteroatoms. The van der Waals surface area contributed by atoms with E-state index in [0.29, 0.717) is 46.8 Å². The molecule has 1 N–H and O–H groups in total. The van der Waals surface area contributed by atoms with Crippen LogP contribution in [0.15, 0.2) is 94.5 Å². The third kappa shape index (κ3) is 9.17. The van der Waals surface area contributed by atoms with E-state index in [1.807, 2.05) is 6.07 Å². The van der Waals surface area contributed by atoms with Crippen LogP contribution in [0.4, 0.5) is 0 Å². The Morgan fingerprint density at radius 3 is 1.65 bits per heavy atom. The van der Waals surface area contributed by atoms with Gasteiger partial charge in [0.2, 0.25) is 15.0 Å². The average molecular weight is 841 g/mol. The average Bonchev–Trinajstić information content (AvgIpc) is 3.12. The summed E-state index contributed by atoms with van der Waals surface area (Å²) in [4.78, 5) is 33.7. The van der Waals surface area contributed by atoms with Crippen LogP contribution in [-0.4, -0.2) is 25.7 Å². The Kier molecular flexibility index (Phi) is 13.0. The summed E-state index contributed by atoms with van der Waals surface area (Å²) in [5.74, 6) is -0.428. The number of hydrogen-bond donors (Lipinski definition) is 1. The van der Waals surface area contributed by atoms with E-state index < -0.39 is 16.2 Å². The lowest BCUT2D eigenvalue weighted by molar-refractivity contribution is 0.457. The van der Waals surface area contributed by atoms with Crippen molar-refractivity contribution in [3.8, 4) is 66.5 Å². The maximum absolute atomic E-state index is 12.9. The normalized spacial score (nSPS) is 10.4. The monoisotopic (exact) mass is 838 g/mol. The number of halogens is 4. The Bertz CT molecular complexity index is 2530. The van der Waals surface area contributed by atoms with Crippen molar-refractivity contribution in [3.05, 3.63) is 136 Å². The van der Waals surface area contributed by atoms with Crippen LogP contribution in [0, 0.1) is 22.7 Å². The van der Waals surface area contributed by atoms with Gasteiger partial charge in [-0.15, -0.1) is 0 Å². The Balaban J connectivity index is 0.000000203. The number of thioether (sulfide) groups is 1. The summed E-state index contributed by atoms with van der Waals surface area (Å²) in [5, 5.41) is 31.9. The molecule has 0 atom stereocenters. The fourth-order valence-corrected chi connectivity index (χ4v) is 7.33. The summed E-state index contributed by atoms with van der Waals surface area (Å²) in [5.41, 5.74) is 2.16. The van der Waals surface area contributed by atoms with Gasteiger partial charge in [-0.25, -0.2) is 4.98 Å². The first-order valence-electron chi connectivity index (χ1n) is 14.4. The maximum Gasteiger partial charge on any atom is 0.283 e. The Morgan fingerprint density at radius 2 is 1.19 bits per heavy atom. The number of ether oxygens (including phenoxy) is 1. The number of nitrogens with zero attached hydrogens (tertiary/aromatic N) is 4. The van der Waals surface area contributed by atoms with E-state index in [9.17, 15) is 25.2 Å². The van der Waals surface area contributed by atoms with Gasteiger partial charge in [-0.3, -0.25) is 9.59 Å². The summed E-state index contributed by atoms with van der Waals surface area (Å²) in [7, 11) is 0. The molecule has 0 spiro atoms. The molecule has 0 radical (unpaired) electrons. The van der Waals surface area contributed by atoms with Gasteiger partial charge >= 0.3 is 0 Å². The minimum atomic E-state index is -0.526. The topological polar surface area (TPSA) is 137 Å². The Hall–Kier alpha value is -4.34. The number of aromatic nitrogens is 2. The standard InChI is InChI=1S/C19H10Cl2N2O2S3.C17H8Cl2N2O2S/c1-27-19(26)25-18-15(14-7-6-13(21)8-11(14)9-22)16(24)23-17(28-18)10-2-4-12(20)5-3-10;18-11-3-1-9(2-4-11)16-21-15(22)14(17(23)24-16)13-6-5-12(19)7-10(13)8-20/h2-8H,1H3;1-7,22H. The smallest absolute Gasteiger partial charge is 0.283 e. The summed E-state index contributed by atoms with van der Waals surface area (Å²) in [6, 6.07) is 26.9. The van der Waals surface area contributed by atoms with Gasteiger partial charge in [0, 0.05) is 42.3 Å². The molecule has 0 amide bonds. The third-order valence-corrected chi connectivity index (χ3v) is 10.8. The fraction of sp³-hybridized carbons (Fsp3) is 0.0278.